The summed E-state index contributed by atoms with van der Waals surface area (Å²) < 4.78 is 4.95. The van der Waals surface area contributed by atoms with Gasteiger partial charge in [0.15, 0.2) is 0 Å². The lowest BCUT2D eigenvalue weighted by Gasteiger charge is -2.15. The Balaban J connectivity index is 1.43. The number of aromatic amines is 1. The smallest absolute Gasteiger partial charge is 0.338 e. The fraction of sp³-hybridized carbons (Fsp3) is 0.238. The van der Waals surface area contributed by atoms with Gasteiger partial charge in [0.05, 0.1) is 39.9 Å². The van der Waals surface area contributed by atoms with Gasteiger partial charge in [-0.15, -0.1) is 11.8 Å². The lowest BCUT2D eigenvalue weighted by atomic mass is 10.2. The van der Waals surface area contributed by atoms with E-state index in [9.17, 15) is 14.4 Å². The monoisotopic (exact) mass is 409 g/mol. The zero-order valence-electron chi connectivity index (χ0n) is 15.8. The molecule has 148 valence electrons. The SMILES string of the molecule is CCOC(=O)c1ccc(N2C(=O)C[C@@H](SCc3nc4ccccc4[nH]3)C2=O)cc1. The van der Waals surface area contributed by atoms with Crippen LogP contribution >= 0.6 is 11.8 Å². The van der Waals surface area contributed by atoms with E-state index in [1.165, 1.54) is 16.7 Å². The van der Waals surface area contributed by atoms with Gasteiger partial charge in [-0.2, -0.15) is 0 Å². The van der Waals surface area contributed by atoms with Crippen molar-refractivity contribution >= 4 is 46.3 Å². The Bertz CT molecular complexity index is 1040. The fourth-order valence-electron chi connectivity index (χ4n) is 3.22. The van der Waals surface area contributed by atoms with Crippen molar-refractivity contribution in [3.8, 4) is 0 Å². The molecule has 1 aliphatic rings. The van der Waals surface area contributed by atoms with Crippen LogP contribution in [0.3, 0.4) is 0 Å². The number of aromatic nitrogens is 2. The molecule has 2 amide bonds. The van der Waals surface area contributed by atoms with Gasteiger partial charge in [0.1, 0.15) is 5.82 Å². The van der Waals surface area contributed by atoms with Crippen LogP contribution in [0.2, 0.25) is 0 Å². The molecule has 1 aliphatic heterocycles. The summed E-state index contributed by atoms with van der Waals surface area (Å²) in [5.74, 6) is 0.348. The van der Waals surface area contributed by atoms with Crippen LogP contribution < -0.4 is 4.90 Å². The summed E-state index contributed by atoms with van der Waals surface area (Å²) >= 11 is 1.40. The topological polar surface area (TPSA) is 92.4 Å². The maximum atomic E-state index is 12.8. The van der Waals surface area contributed by atoms with Gasteiger partial charge in [0.2, 0.25) is 11.8 Å². The lowest BCUT2D eigenvalue weighted by Crippen LogP contribution is -2.31. The van der Waals surface area contributed by atoms with Crippen molar-refractivity contribution in [2.45, 2.75) is 24.3 Å². The number of H-pyrrole nitrogens is 1. The Hall–Kier alpha value is -3.13. The van der Waals surface area contributed by atoms with E-state index in [1.807, 2.05) is 24.3 Å². The average molecular weight is 409 g/mol. The predicted octanol–water partition coefficient (Wildman–Crippen LogP) is 3.30. The van der Waals surface area contributed by atoms with E-state index < -0.39 is 11.2 Å². The van der Waals surface area contributed by atoms with E-state index in [0.29, 0.717) is 17.0 Å². The number of carbonyl (C=O) groups is 3. The number of ether oxygens (including phenoxy) is 1. The van der Waals surface area contributed by atoms with Crippen molar-refractivity contribution in [1.29, 1.82) is 0 Å². The highest BCUT2D eigenvalue weighted by atomic mass is 32.2. The molecule has 2 heterocycles. The fourth-order valence-corrected chi connectivity index (χ4v) is 4.22. The van der Waals surface area contributed by atoms with Gasteiger partial charge in [-0.05, 0) is 43.3 Å². The minimum atomic E-state index is -0.458. The molecular formula is C21H19N3O4S. The summed E-state index contributed by atoms with van der Waals surface area (Å²) in [4.78, 5) is 45.9. The molecule has 0 aliphatic carbocycles. The first-order valence-corrected chi connectivity index (χ1v) is 10.3. The van der Waals surface area contributed by atoms with Crippen LogP contribution in [0, 0.1) is 0 Å². The molecule has 2 aromatic carbocycles. The minimum absolute atomic E-state index is 0.142. The molecule has 1 aromatic heterocycles. The molecule has 1 saturated heterocycles. The van der Waals surface area contributed by atoms with Gasteiger partial charge in [0, 0.05) is 6.42 Å². The number of anilines is 1. The highest BCUT2D eigenvalue weighted by Gasteiger charge is 2.39. The lowest BCUT2D eigenvalue weighted by molar-refractivity contribution is -0.121. The number of imide groups is 1. The molecule has 0 spiro atoms. The molecule has 4 rings (SSSR count). The van der Waals surface area contributed by atoms with Gasteiger partial charge in [-0.3, -0.25) is 9.59 Å². The normalized spacial score (nSPS) is 16.6. The third-order valence-corrected chi connectivity index (χ3v) is 5.81. The molecule has 0 radical (unpaired) electrons. The van der Waals surface area contributed by atoms with Gasteiger partial charge in [-0.1, -0.05) is 12.1 Å². The molecule has 7 nitrogen and oxygen atoms in total. The number of nitrogens with one attached hydrogen (secondary N) is 1. The number of nitrogens with zero attached hydrogens (tertiary/aromatic N) is 2. The highest BCUT2D eigenvalue weighted by Crippen LogP contribution is 2.31. The maximum Gasteiger partial charge on any atom is 0.338 e. The number of hydrogen-bond acceptors (Lipinski definition) is 6. The van der Waals surface area contributed by atoms with E-state index in [1.54, 1.807) is 31.2 Å². The molecule has 0 bridgehead atoms. The van der Waals surface area contributed by atoms with Crippen LogP contribution in [0.5, 0.6) is 0 Å². The van der Waals surface area contributed by atoms with Crippen LogP contribution in [0.4, 0.5) is 5.69 Å². The molecule has 1 N–H and O–H groups in total. The third kappa shape index (κ3) is 3.88. The van der Waals surface area contributed by atoms with Gasteiger partial charge >= 0.3 is 5.97 Å². The zero-order chi connectivity index (χ0) is 20.4. The number of imidazole rings is 1. The Morgan fingerprint density at radius 3 is 2.69 bits per heavy atom. The van der Waals surface area contributed by atoms with E-state index >= 15 is 0 Å². The third-order valence-electron chi connectivity index (χ3n) is 4.60. The molecule has 1 fully saturated rings. The molecule has 3 aromatic rings. The molecule has 0 unspecified atom stereocenters. The Kier molecular flexibility index (Phi) is 5.35. The van der Waals surface area contributed by atoms with Crippen molar-refractivity contribution in [3.05, 3.63) is 59.9 Å². The van der Waals surface area contributed by atoms with Gasteiger partial charge < -0.3 is 9.72 Å². The molecule has 0 saturated carbocycles. The number of benzene rings is 2. The number of esters is 1. The Morgan fingerprint density at radius 1 is 1.21 bits per heavy atom. The second-order valence-corrected chi connectivity index (χ2v) is 7.73. The summed E-state index contributed by atoms with van der Waals surface area (Å²) in [5, 5.41) is -0.458. The Labute approximate surface area is 171 Å². The van der Waals surface area contributed by atoms with E-state index in [2.05, 4.69) is 9.97 Å². The van der Waals surface area contributed by atoms with Crippen LogP contribution in [0.25, 0.3) is 11.0 Å². The standard InChI is InChI=1S/C21H19N3O4S/c1-2-28-21(27)13-7-9-14(10-8-13)24-19(25)11-17(20(24)26)29-12-18-22-15-5-3-4-6-16(15)23-18/h3-10,17H,2,11-12H2,1H3,(H,22,23)/t17-/m1/s1. The van der Waals surface area contributed by atoms with Crippen molar-refractivity contribution < 1.29 is 19.1 Å². The minimum Gasteiger partial charge on any atom is -0.462 e. The quantitative estimate of drug-likeness (QED) is 0.496. The summed E-state index contributed by atoms with van der Waals surface area (Å²) in [7, 11) is 0. The Morgan fingerprint density at radius 2 is 1.97 bits per heavy atom. The van der Waals surface area contributed by atoms with E-state index in [0.717, 1.165) is 16.9 Å². The molecule has 1 atom stereocenters. The number of para-hydroxylation sites is 2. The van der Waals surface area contributed by atoms with Crippen molar-refractivity contribution in [3.63, 3.8) is 0 Å². The average Bonchev–Trinajstić information content (AvgIpc) is 3.26. The number of amides is 2. The van der Waals surface area contributed by atoms with Gasteiger partial charge in [-0.25, -0.2) is 14.7 Å². The summed E-state index contributed by atoms with van der Waals surface area (Å²) in [6, 6.07) is 14.0. The highest BCUT2D eigenvalue weighted by molar-refractivity contribution is 7.99. The van der Waals surface area contributed by atoms with E-state index in [4.69, 9.17) is 4.74 Å². The van der Waals surface area contributed by atoms with E-state index in [-0.39, 0.29) is 24.8 Å². The summed E-state index contributed by atoms with van der Waals surface area (Å²) in [6.07, 6.45) is 0.142. The number of fused-ring (bicyclic) bond motifs is 1. The van der Waals surface area contributed by atoms with Crippen molar-refractivity contribution in [2.75, 3.05) is 11.5 Å². The largest absolute Gasteiger partial charge is 0.462 e. The zero-order valence-corrected chi connectivity index (χ0v) is 16.6. The summed E-state index contributed by atoms with van der Waals surface area (Å²) in [5.41, 5.74) is 2.66. The number of carbonyl (C=O) groups excluding carboxylic acids is 3. The number of hydrogen-bond donors (Lipinski definition) is 1. The number of thioether (sulfide) groups is 1. The predicted molar refractivity (Wildman–Crippen MR) is 111 cm³/mol. The first-order chi connectivity index (χ1) is 14.1. The molecular weight excluding hydrogens is 390 g/mol. The first kappa shape index (κ1) is 19.2. The first-order valence-electron chi connectivity index (χ1n) is 9.26. The second kappa shape index (κ2) is 8.08. The van der Waals surface area contributed by atoms with Crippen LogP contribution in [0.15, 0.2) is 48.5 Å². The van der Waals surface area contributed by atoms with Crippen LogP contribution in [-0.4, -0.2) is 39.6 Å². The van der Waals surface area contributed by atoms with Crippen LogP contribution in [0.1, 0.15) is 29.5 Å². The second-order valence-electron chi connectivity index (χ2n) is 6.54. The molecule has 29 heavy (non-hydrogen) atoms. The molecule has 8 heteroatoms. The summed E-state index contributed by atoms with van der Waals surface area (Å²) in [6.45, 7) is 2.02. The van der Waals surface area contributed by atoms with Crippen molar-refractivity contribution in [2.24, 2.45) is 0 Å². The van der Waals surface area contributed by atoms with Gasteiger partial charge in [0.25, 0.3) is 0 Å². The number of rotatable bonds is 6. The maximum absolute atomic E-state index is 12.8. The van der Waals surface area contributed by atoms with Crippen LogP contribution in [-0.2, 0) is 20.1 Å². The van der Waals surface area contributed by atoms with Crippen molar-refractivity contribution in [1.82, 2.24) is 9.97 Å².